The molecule has 2 aromatic heterocycles. The first-order valence-corrected chi connectivity index (χ1v) is 7.40. The number of hydrogen-bond donors (Lipinski definition) is 2. The van der Waals surface area contributed by atoms with E-state index in [1.807, 2.05) is 36.4 Å². The van der Waals surface area contributed by atoms with Crippen molar-refractivity contribution in [2.24, 2.45) is 0 Å². The lowest BCUT2D eigenvalue weighted by molar-refractivity contribution is 0.0975. The Bertz CT molecular complexity index is 945. The molecule has 0 aliphatic carbocycles. The monoisotopic (exact) mass is 334 g/mol. The number of carbonyl (C=O) groups is 1. The molecule has 0 aliphatic rings. The van der Waals surface area contributed by atoms with Gasteiger partial charge < -0.3 is 15.5 Å². The summed E-state index contributed by atoms with van der Waals surface area (Å²) >= 11 is 0. The minimum absolute atomic E-state index is 0.0148. The van der Waals surface area contributed by atoms with Crippen LogP contribution in [0.3, 0.4) is 0 Å². The van der Waals surface area contributed by atoms with Crippen LogP contribution in [-0.2, 0) is 0 Å². The molecule has 0 spiro atoms. The van der Waals surface area contributed by atoms with E-state index in [9.17, 15) is 10.1 Å². The van der Waals surface area contributed by atoms with Gasteiger partial charge in [0, 0.05) is 5.69 Å². The molecule has 0 saturated carbocycles. The Balaban J connectivity index is 1.94. The molecule has 0 bridgehead atoms. The molecule has 3 aromatic rings. The number of nitrogens with zero attached hydrogens (tertiary/aromatic N) is 4. The third-order valence-electron chi connectivity index (χ3n) is 3.47. The molecule has 1 atom stereocenters. The Hall–Kier alpha value is -3.73. The molecule has 3 rings (SSSR count). The summed E-state index contributed by atoms with van der Waals surface area (Å²) in [6, 6.07) is 12.6. The molecule has 3 N–H and O–H groups in total. The fraction of sp³-hybridized carbons (Fsp3) is 0.118. The zero-order chi connectivity index (χ0) is 17.8. The van der Waals surface area contributed by atoms with E-state index in [0.29, 0.717) is 11.3 Å². The van der Waals surface area contributed by atoms with Gasteiger partial charge in [-0.1, -0.05) is 18.2 Å². The van der Waals surface area contributed by atoms with Crippen molar-refractivity contribution in [2.75, 3.05) is 11.1 Å². The van der Waals surface area contributed by atoms with E-state index in [-0.39, 0.29) is 17.7 Å². The van der Waals surface area contributed by atoms with E-state index >= 15 is 0 Å². The van der Waals surface area contributed by atoms with Crippen molar-refractivity contribution in [3.63, 3.8) is 0 Å². The number of aryl methyl sites for hydroxylation is 1. The second kappa shape index (κ2) is 6.80. The number of aromatic nitrogens is 3. The summed E-state index contributed by atoms with van der Waals surface area (Å²) in [5.74, 6) is -1.18. The van der Waals surface area contributed by atoms with Crippen molar-refractivity contribution >= 4 is 23.4 Å². The number of nitrogens with one attached hydrogen (secondary N) is 1. The van der Waals surface area contributed by atoms with Gasteiger partial charge in [-0.2, -0.15) is 20.2 Å². The summed E-state index contributed by atoms with van der Waals surface area (Å²) in [5, 5.41) is 12.4. The summed E-state index contributed by atoms with van der Waals surface area (Å²) in [6.07, 6.45) is 1.39. The maximum Gasteiger partial charge on any atom is 0.232 e. The van der Waals surface area contributed by atoms with Gasteiger partial charge in [-0.25, -0.2) is 0 Å². The molecule has 0 radical (unpaired) electrons. The lowest BCUT2D eigenvalue weighted by atomic mass is 9.98. The van der Waals surface area contributed by atoms with Crippen LogP contribution in [-0.4, -0.2) is 20.7 Å². The van der Waals surface area contributed by atoms with Crippen LogP contribution in [0.4, 0.5) is 17.6 Å². The number of furan rings is 1. The lowest BCUT2D eigenvalue weighted by Gasteiger charge is -2.10. The summed E-state index contributed by atoms with van der Waals surface area (Å²) < 4.78 is 5.12. The number of nitriles is 1. The third-order valence-corrected chi connectivity index (χ3v) is 3.47. The van der Waals surface area contributed by atoms with Gasteiger partial charge in [-0.15, -0.1) is 0 Å². The average molecular weight is 334 g/mol. The number of carbonyl (C=O) groups excluding carboxylic acids is 1. The Morgan fingerprint density at radius 2 is 2.00 bits per heavy atom. The Kier molecular flexibility index (Phi) is 4.39. The first-order chi connectivity index (χ1) is 12.1. The quantitative estimate of drug-likeness (QED) is 0.681. The predicted octanol–water partition coefficient (Wildman–Crippen LogP) is 2.59. The van der Waals surface area contributed by atoms with E-state index in [4.69, 9.17) is 10.2 Å². The summed E-state index contributed by atoms with van der Waals surface area (Å²) in [4.78, 5) is 24.7. The highest BCUT2D eigenvalue weighted by Crippen LogP contribution is 2.22. The second-order valence-corrected chi connectivity index (χ2v) is 5.18. The molecule has 8 nitrogen and oxygen atoms in total. The molecule has 8 heteroatoms. The number of nitrogens with two attached hydrogens (primary N) is 1. The molecule has 25 heavy (non-hydrogen) atoms. The Morgan fingerprint density at radius 3 is 2.64 bits per heavy atom. The Morgan fingerprint density at radius 1 is 1.24 bits per heavy atom. The maximum absolute atomic E-state index is 12.6. The first-order valence-electron chi connectivity index (χ1n) is 7.40. The van der Waals surface area contributed by atoms with Gasteiger partial charge in [0.15, 0.2) is 17.5 Å². The highest BCUT2D eigenvalue weighted by molar-refractivity contribution is 6.03. The van der Waals surface area contributed by atoms with Crippen molar-refractivity contribution in [3.8, 4) is 6.07 Å². The van der Waals surface area contributed by atoms with Gasteiger partial charge in [0.1, 0.15) is 5.76 Å². The lowest BCUT2D eigenvalue weighted by Crippen LogP contribution is -2.17. The minimum atomic E-state index is -1.21. The topological polar surface area (TPSA) is 131 Å². The number of para-hydroxylation sites is 1. The van der Waals surface area contributed by atoms with Gasteiger partial charge in [0.05, 0.1) is 17.9 Å². The van der Waals surface area contributed by atoms with Crippen LogP contribution in [0.5, 0.6) is 0 Å². The fourth-order valence-electron chi connectivity index (χ4n) is 2.27. The van der Waals surface area contributed by atoms with Crippen molar-refractivity contribution in [2.45, 2.75) is 12.8 Å². The van der Waals surface area contributed by atoms with Crippen molar-refractivity contribution in [1.29, 1.82) is 5.26 Å². The smallest absolute Gasteiger partial charge is 0.232 e. The van der Waals surface area contributed by atoms with Crippen LogP contribution < -0.4 is 11.1 Å². The van der Waals surface area contributed by atoms with Crippen LogP contribution >= 0.6 is 0 Å². The predicted molar refractivity (Wildman–Crippen MR) is 90.1 cm³/mol. The van der Waals surface area contributed by atoms with Gasteiger partial charge in [-0.3, -0.25) is 4.79 Å². The molecule has 1 aromatic carbocycles. The number of nitrogen functional groups attached to an aromatic ring is 1. The number of hydrogen-bond acceptors (Lipinski definition) is 8. The summed E-state index contributed by atoms with van der Waals surface area (Å²) in [5.41, 5.74) is 6.76. The van der Waals surface area contributed by atoms with Crippen LogP contribution in [0.2, 0.25) is 0 Å². The van der Waals surface area contributed by atoms with Crippen molar-refractivity contribution in [1.82, 2.24) is 15.0 Å². The number of rotatable bonds is 5. The highest BCUT2D eigenvalue weighted by Gasteiger charge is 2.28. The fourth-order valence-corrected chi connectivity index (χ4v) is 2.27. The zero-order valence-electron chi connectivity index (χ0n) is 13.3. The Labute approximate surface area is 143 Å². The number of Topliss-reactive ketones (excluding diaryl/α,β-unsaturated/α-hetero) is 1. The second-order valence-electron chi connectivity index (χ2n) is 5.18. The van der Waals surface area contributed by atoms with Crippen molar-refractivity contribution < 1.29 is 9.21 Å². The average Bonchev–Trinajstić information content (AvgIpc) is 3.02. The van der Waals surface area contributed by atoms with E-state index in [0.717, 1.165) is 5.69 Å². The standard InChI is InChI=1S/C17H14N6O2/c1-10-12(7-8-25-10)14(24)13(9-18)15-21-16(19)23-17(22-15)20-11-5-3-2-4-6-11/h2-8,13H,1H3,(H3,19,20,21,22,23)/t13-/m1/s1. The first kappa shape index (κ1) is 16.1. The van der Waals surface area contributed by atoms with E-state index in [1.54, 1.807) is 6.92 Å². The molecule has 2 heterocycles. The van der Waals surface area contributed by atoms with Crippen LogP contribution in [0.25, 0.3) is 0 Å². The summed E-state index contributed by atoms with van der Waals surface area (Å²) in [6.45, 7) is 1.64. The number of ketones is 1. The SMILES string of the molecule is Cc1occc1C(=O)[C@@H](C#N)c1nc(N)nc(Nc2ccccc2)n1. The van der Waals surface area contributed by atoms with Gasteiger partial charge in [-0.05, 0) is 25.1 Å². The molecule has 0 amide bonds. The van der Waals surface area contributed by atoms with E-state index < -0.39 is 11.7 Å². The molecular formula is C17H14N6O2. The molecule has 0 saturated heterocycles. The number of anilines is 3. The highest BCUT2D eigenvalue weighted by atomic mass is 16.3. The molecule has 0 aliphatic heterocycles. The minimum Gasteiger partial charge on any atom is -0.469 e. The molecular weight excluding hydrogens is 320 g/mol. The van der Waals surface area contributed by atoms with Gasteiger partial charge in [0.25, 0.3) is 0 Å². The summed E-state index contributed by atoms with van der Waals surface area (Å²) in [7, 11) is 0. The van der Waals surface area contributed by atoms with Crippen LogP contribution in [0.1, 0.15) is 27.9 Å². The van der Waals surface area contributed by atoms with Crippen LogP contribution in [0, 0.1) is 18.3 Å². The maximum atomic E-state index is 12.6. The normalized spacial score (nSPS) is 11.5. The molecule has 124 valence electrons. The molecule has 0 unspecified atom stereocenters. The van der Waals surface area contributed by atoms with E-state index in [2.05, 4.69) is 20.3 Å². The third kappa shape index (κ3) is 3.45. The largest absolute Gasteiger partial charge is 0.469 e. The molecule has 0 fully saturated rings. The van der Waals surface area contributed by atoms with Crippen LogP contribution in [0.15, 0.2) is 47.1 Å². The van der Waals surface area contributed by atoms with E-state index in [1.165, 1.54) is 12.3 Å². The number of benzene rings is 1. The van der Waals surface area contributed by atoms with Gasteiger partial charge in [0.2, 0.25) is 11.9 Å². The zero-order valence-corrected chi connectivity index (χ0v) is 13.3. The van der Waals surface area contributed by atoms with Gasteiger partial charge >= 0.3 is 0 Å². The van der Waals surface area contributed by atoms with Crippen molar-refractivity contribution in [3.05, 3.63) is 59.8 Å².